The monoisotopic (exact) mass is 284 g/mol. The first-order valence-electron chi connectivity index (χ1n) is 6.28. The van der Waals surface area contributed by atoms with E-state index < -0.39 is 18.3 Å². The molecule has 0 radical (unpaired) electrons. The highest BCUT2D eigenvalue weighted by atomic mass is 19.4. The Morgan fingerprint density at radius 2 is 1.74 bits per heavy atom. The van der Waals surface area contributed by atoms with Gasteiger partial charge in [0.15, 0.2) is 0 Å². The summed E-state index contributed by atoms with van der Waals surface area (Å²) in [7, 11) is 0. The van der Waals surface area contributed by atoms with E-state index in [0.717, 1.165) is 5.06 Å². The summed E-state index contributed by atoms with van der Waals surface area (Å²) < 4.78 is 49.1. The molecule has 2 aliphatic rings. The Morgan fingerprint density at radius 1 is 1.11 bits per heavy atom. The van der Waals surface area contributed by atoms with Crippen LogP contribution >= 0.6 is 0 Å². The molecule has 8 heteroatoms. The van der Waals surface area contributed by atoms with Crippen LogP contribution in [0.25, 0.3) is 0 Å². The van der Waals surface area contributed by atoms with Gasteiger partial charge < -0.3 is 4.84 Å². The number of carbonyl (C=O) groups excluding carboxylic acids is 1. The van der Waals surface area contributed by atoms with Gasteiger partial charge >= 0.3 is 12.1 Å². The lowest BCUT2D eigenvalue weighted by atomic mass is 10.1. The SMILES string of the molecule is O=C(ON1CCC(N2CCC(F)C2)CC1)C(F)(F)F. The van der Waals surface area contributed by atoms with Gasteiger partial charge in [-0.1, -0.05) is 0 Å². The summed E-state index contributed by atoms with van der Waals surface area (Å²) in [6.07, 6.45) is -4.09. The summed E-state index contributed by atoms with van der Waals surface area (Å²) in [6.45, 7) is 1.58. The molecule has 110 valence electrons. The molecule has 0 aromatic rings. The summed E-state index contributed by atoms with van der Waals surface area (Å²) in [5, 5.41) is 1.04. The van der Waals surface area contributed by atoms with Crippen LogP contribution in [0, 0.1) is 0 Å². The molecule has 0 N–H and O–H groups in total. The number of nitrogens with zero attached hydrogens (tertiary/aromatic N) is 2. The van der Waals surface area contributed by atoms with Crippen LogP contribution in [-0.2, 0) is 9.63 Å². The molecule has 0 saturated carbocycles. The van der Waals surface area contributed by atoms with E-state index in [1.54, 1.807) is 0 Å². The minimum Gasteiger partial charge on any atom is -0.361 e. The molecule has 2 rings (SSSR count). The van der Waals surface area contributed by atoms with E-state index in [0.29, 0.717) is 32.4 Å². The molecule has 0 amide bonds. The topological polar surface area (TPSA) is 32.8 Å². The number of alkyl halides is 4. The molecular formula is C11H16F4N2O2. The van der Waals surface area contributed by atoms with Crippen LogP contribution in [0.2, 0.25) is 0 Å². The molecule has 2 heterocycles. The Balaban J connectivity index is 1.75. The number of hydrogen-bond donors (Lipinski definition) is 0. The number of likely N-dealkylation sites (tertiary alicyclic amines) is 1. The summed E-state index contributed by atoms with van der Waals surface area (Å²) in [6, 6.07) is 0.168. The van der Waals surface area contributed by atoms with Crippen molar-refractivity contribution in [2.45, 2.75) is 37.7 Å². The largest absolute Gasteiger partial charge is 0.492 e. The Bertz CT molecular complexity index is 329. The fourth-order valence-corrected chi connectivity index (χ4v) is 2.54. The molecule has 0 aliphatic carbocycles. The van der Waals surface area contributed by atoms with Gasteiger partial charge in [-0.05, 0) is 19.3 Å². The number of halogens is 4. The van der Waals surface area contributed by atoms with Gasteiger partial charge in [0.2, 0.25) is 0 Å². The van der Waals surface area contributed by atoms with Gasteiger partial charge in [-0.15, -0.1) is 5.06 Å². The van der Waals surface area contributed by atoms with Crippen LogP contribution in [-0.4, -0.2) is 60.5 Å². The van der Waals surface area contributed by atoms with Crippen molar-refractivity contribution < 1.29 is 27.2 Å². The zero-order valence-electron chi connectivity index (χ0n) is 10.3. The molecule has 0 aromatic heterocycles. The molecule has 0 bridgehead atoms. The molecule has 1 atom stereocenters. The van der Waals surface area contributed by atoms with Crippen LogP contribution in [0.3, 0.4) is 0 Å². The predicted molar refractivity (Wildman–Crippen MR) is 57.8 cm³/mol. The fraction of sp³-hybridized carbons (Fsp3) is 0.909. The lowest BCUT2D eigenvalue weighted by Gasteiger charge is -2.35. The highest BCUT2D eigenvalue weighted by molar-refractivity contribution is 5.75. The summed E-state index contributed by atoms with van der Waals surface area (Å²) in [4.78, 5) is 17.0. The molecule has 0 aromatic carbocycles. The zero-order chi connectivity index (χ0) is 14.0. The zero-order valence-corrected chi connectivity index (χ0v) is 10.3. The third kappa shape index (κ3) is 3.79. The Hall–Kier alpha value is -0.890. The van der Waals surface area contributed by atoms with E-state index in [1.165, 1.54) is 0 Å². The minimum atomic E-state index is -4.97. The van der Waals surface area contributed by atoms with E-state index in [9.17, 15) is 22.4 Å². The van der Waals surface area contributed by atoms with Crippen LogP contribution in [0.1, 0.15) is 19.3 Å². The molecule has 4 nitrogen and oxygen atoms in total. The van der Waals surface area contributed by atoms with Crippen molar-refractivity contribution in [3.63, 3.8) is 0 Å². The van der Waals surface area contributed by atoms with E-state index in [1.807, 2.05) is 4.90 Å². The maximum absolute atomic E-state index is 13.1. The first kappa shape index (κ1) is 14.5. The third-order valence-electron chi connectivity index (χ3n) is 3.55. The number of carbonyl (C=O) groups is 1. The number of piperidine rings is 1. The molecule has 1 unspecified atom stereocenters. The van der Waals surface area contributed by atoms with Gasteiger partial charge in [0, 0.05) is 32.2 Å². The molecular weight excluding hydrogens is 268 g/mol. The van der Waals surface area contributed by atoms with Crippen molar-refractivity contribution in [2.24, 2.45) is 0 Å². The average Bonchev–Trinajstić information content (AvgIpc) is 2.75. The van der Waals surface area contributed by atoms with Gasteiger partial charge in [0.05, 0.1) is 0 Å². The molecule has 0 spiro atoms. The van der Waals surface area contributed by atoms with Gasteiger partial charge in [0.25, 0.3) is 0 Å². The Kier molecular flexibility index (Phi) is 4.29. The minimum absolute atomic E-state index is 0.168. The summed E-state index contributed by atoms with van der Waals surface area (Å²) >= 11 is 0. The van der Waals surface area contributed by atoms with Crippen LogP contribution in [0.15, 0.2) is 0 Å². The predicted octanol–water partition coefficient (Wildman–Crippen LogP) is 1.52. The van der Waals surface area contributed by atoms with Crippen molar-refractivity contribution in [2.75, 3.05) is 26.2 Å². The number of rotatable bonds is 2. The second-order valence-corrected chi connectivity index (χ2v) is 4.92. The molecule has 19 heavy (non-hydrogen) atoms. The van der Waals surface area contributed by atoms with E-state index in [4.69, 9.17) is 0 Å². The maximum atomic E-state index is 13.1. The lowest BCUT2D eigenvalue weighted by molar-refractivity contribution is -0.242. The van der Waals surface area contributed by atoms with E-state index in [-0.39, 0.29) is 19.1 Å². The van der Waals surface area contributed by atoms with Crippen molar-refractivity contribution >= 4 is 5.97 Å². The second kappa shape index (κ2) is 5.62. The van der Waals surface area contributed by atoms with Gasteiger partial charge in [-0.25, -0.2) is 9.18 Å². The van der Waals surface area contributed by atoms with Crippen LogP contribution in [0.5, 0.6) is 0 Å². The van der Waals surface area contributed by atoms with E-state index >= 15 is 0 Å². The van der Waals surface area contributed by atoms with Crippen LogP contribution in [0.4, 0.5) is 17.6 Å². The standard InChI is InChI=1S/C11H16F4N2O2/c12-8-1-4-16(7-8)9-2-5-17(6-3-9)19-10(18)11(13,14)15/h8-9H,1-7H2. The van der Waals surface area contributed by atoms with Gasteiger partial charge in [0.1, 0.15) is 6.17 Å². The first-order valence-corrected chi connectivity index (χ1v) is 6.28. The smallest absolute Gasteiger partial charge is 0.361 e. The van der Waals surface area contributed by atoms with Crippen molar-refractivity contribution in [3.05, 3.63) is 0 Å². The fourth-order valence-electron chi connectivity index (χ4n) is 2.54. The van der Waals surface area contributed by atoms with Gasteiger partial charge in [-0.3, -0.25) is 4.90 Å². The molecule has 2 saturated heterocycles. The van der Waals surface area contributed by atoms with Gasteiger partial charge in [-0.2, -0.15) is 13.2 Å². The van der Waals surface area contributed by atoms with Crippen molar-refractivity contribution in [1.82, 2.24) is 9.96 Å². The van der Waals surface area contributed by atoms with Crippen molar-refractivity contribution in [1.29, 1.82) is 0 Å². The Labute approximate surface area is 108 Å². The molecule has 2 fully saturated rings. The molecule has 2 aliphatic heterocycles. The highest BCUT2D eigenvalue weighted by Crippen LogP contribution is 2.24. The third-order valence-corrected chi connectivity index (χ3v) is 3.55. The quantitative estimate of drug-likeness (QED) is 0.720. The van der Waals surface area contributed by atoms with Crippen molar-refractivity contribution in [3.8, 4) is 0 Å². The summed E-state index contributed by atoms with van der Waals surface area (Å²) in [5.41, 5.74) is 0. The van der Waals surface area contributed by atoms with E-state index in [2.05, 4.69) is 4.84 Å². The highest BCUT2D eigenvalue weighted by Gasteiger charge is 2.43. The second-order valence-electron chi connectivity index (χ2n) is 4.92. The summed E-state index contributed by atoms with van der Waals surface area (Å²) in [5.74, 6) is -2.18. The Morgan fingerprint density at radius 3 is 2.21 bits per heavy atom. The number of hydrogen-bond acceptors (Lipinski definition) is 4. The lowest BCUT2D eigenvalue weighted by Crippen LogP contribution is -2.46. The maximum Gasteiger partial charge on any atom is 0.492 e. The average molecular weight is 284 g/mol. The normalized spacial score (nSPS) is 27.7. The van der Waals surface area contributed by atoms with Crippen LogP contribution < -0.4 is 0 Å². The first-order chi connectivity index (χ1) is 8.86. The number of hydroxylamine groups is 2.